The molecule has 0 fully saturated rings. The summed E-state index contributed by atoms with van der Waals surface area (Å²) in [5.74, 6) is 0. The van der Waals surface area contributed by atoms with E-state index in [1.807, 2.05) is 0 Å². The molecule has 0 heterocycles. The zero-order valence-corrected chi connectivity index (χ0v) is 2.54. The standard InChI is InChI=1S/C2H4F2N/c3-1-2(4)5/h1,5H2. The monoisotopic (exact) mass is 80.0 g/mol. The van der Waals surface area contributed by atoms with E-state index in [2.05, 4.69) is 5.73 Å². The van der Waals surface area contributed by atoms with Crippen LogP contribution in [0.4, 0.5) is 8.78 Å². The fourth-order valence-corrected chi connectivity index (χ4v) is 0. The van der Waals surface area contributed by atoms with E-state index in [-0.39, 0.29) is 0 Å². The second-order valence-corrected chi connectivity index (χ2v) is 0.580. The highest BCUT2D eigenvalue weighted by Gasteiger charge is 1.92. The molecule has 0 amide bonds. The summed E-state index contributed by atoms with van der Waals surface area (Å²) < 4.78 is 21.3. The lowest BCUT2D eigenvalue weighted by Crippen LogP contribution is -2.03. The van der Waals surface area contributed by atoms with Gasteiger partial charge < -0.3 is 0 Å². The molecule has 2 N–H and O–H groups in total. The maximum absolute atomic E-state index is 10.8. The van der Waals surface area contributed by atoms with Crippen molar-refractivity contribution in [2.45, 2.75) is 0 Å². The fourth-order valence-electron chi connectivity index (χ4n) is 0. The van der Waals surface area contributed by atoms with E-state index < -0.39 is 13.0 Å². The van der Waals surface area contributed by atoms with Gasteiger partial charge in [-0.25, -0.2) is 8.78 Å². The Hall–Kier alpha value is -0.180. The second kappa shape index (κ2) is 2.08. The van der Waals surface area contributed by atoms with Crippen molar-refractivity contribution >= 4 is 0 Å². The molecule has 0 spiro atoms. The molecule has 0 aliphatic carbocycles. The van der Waals surface area contributed by atoms with Crippen molar-refractivity contribution in [3.05, 3.63) is 6.30 Å². The molecule has 0 atom stereocenters. The number of nitrogens with two attached hydrogens (primary N) is 1. The third-order valence-electron chi connectivity index (χ3n) is 0.128. The van der Waals surface area contributed by atoms with Gasteiger partial charge in [-0.05, 0) is 0 Å². The van der Waals surface area contributed by atoms with Crippen molar-refractivity contribution in [3.63, 3.8) is 0 Å². The van der Waals surface area contributed by atoms with Crippen LogP contribution in [0.5, 0.6) is 0 Å². The first-order valence-electron chi connectivity index (χ1n) is 1.10. The van der Waals surface area contributed by atoms with E-state index in [1.54, 1.807) is 0 Å². The molecule has 0 rings (SSSR count). The minimum Gasteiger partial charge on any atom is -0.293 e. The molecular weight excluding hydrogens is 76.0 g/mol. The topological polar surface area (TPSA) is 26.0 Å². The quantitative estimate of drug-likeness (QED) is 0.452. The molecule has 0 saturated carbocycles. The van der Waals surface area contributed by atoms with Crippen LogP contribution in [0.3, 0.4) is 0 Å². The summed E-state index contributed by atoms with van der Waals surface area (Å²) in [6.45, 7) is -1.17. The highest BCUT2D eigenvalue weighted by molar-refractivity contribution is 4.60. The Balaban J connectivity index is 2.54. The summed E-state index contributed by atoms with van der Waals surface area (Å²) in [5.41, 5.74) is 4.17. The molecule has 1 radical (unpaired) electrons. The maximum Gasteiger partial charge on any atom is 0.237 e. The summed E-state index contributed by atoms with van der Waals surface area (Å²) in [6.07, 6.45) is -1.16. The normalized spacial score (nSPS) is 9.60. The van der Waals surface area contributed by atoms with E-state index in [9.17, 15) is 8.78 Å². The van der Waals surface area contributed by atoms with E-state index in [1.165, 1.54) is 0 Å². The first-order valence-corrected chi connectivity index (χ1v) is 1.10. The van der Waals surface area contributed by atoms with E-state index >= 15 is 0 Å². The molecule has 3 heteroatoms. The lowest BCUT2D eigenvalue weighted by atomic mass is 10.7. The SMILES string of the molecule is N[C](F)CF. The summed E-state index contributed by atoms with van der Waals surface area (Å²) in [5, 5.41) is 0. The van der Waals surface area contributed by atoms with E-state index in [0.717, 1.165) is 0 Å². The van der Waals surface area contributed by atoms with Crippen LogP contribution >= 0.6 is 0 Å². The molecule has 0 bridgehead atoms. The first kappa shape index (κ1) is 4.82. The summed E-state index contributed by atoms with van der Waals surface area (Å²) in [6, 6.07) is 0. The molecule has 0 unspecified atom stereocenters. The third-order valence-corrected chi connectivity index (χ3v) is 0.128. The van der Waals surface area contributed by atoms with Crippen molar-refractivity contribution < 1.29 is 8.78 Å². The van der Waals surface area contributed by atoms with Crippen LogP contribution in [0.15, 0.2) is 0 Å². The van der Waals surface area contributed by atoms with Gasteiger partial charge >= 0.3 is 0 Å². The molecule has 0 aromatic carbocycles. The molecule has 0 aromatic rings. The third kappa shape index (κ3) is 3.82. The van der Waals surface area contributed by atoms with Crippen molar-refractivity contribution in [1.29, 1.82) is 0 Å². The Morgan fingerprint density at radius 1 is 1.80 bits per heavy atom. The molecular formula is C2H4F2N. The van der Waals surface area contributed by atoms with Gasteiger partial charge in [-0.15, -0.1) is 0 Å². The molecule has 31 valence electrons. The minimum atomic E-state index is -1.17. The largest absolute Gasteiger partial charge is 0.293 e. The fraction of sp³-hybridized carbons (Fsp3) is 0.500. The summed E-state index contributed by atoms with van der Waals surface area (Å²) in [7, 11) is 0. The molecule has 0 aromatic heterocycles. The average Bonchev–Trinajstić information content (AvgIpc) is 1.38. The van der Waals surface area contributed by atoms with E-state index in [0.29, 0.717) is 0 Å². The van der Waals surface area contributed by atoms with Crippen LogP contribution < -0.4 is 5.73 Å². The Kier molecular flexibility index (Phi) is 2.01. The average molecular weight is 80.1 g/mol. The van der Waals surface area contributed by atoms with Gasteiger partial charge in [-0.2, -0.15) is 0 Å². The lowest BCUT2D eigenvalue weighted by molar-refractivity contribution is 0.373. The Labute approximate surface area is 28.8 Å². The van der Waals surface area contributed by atoms with Gasteiger partial charge in [0.15, 0.2) is 0 Å². The highest BCUT2D eigenvalue weighted by atomic mass is 19.2. The first-order chi connectivity index (χ1) is 2.27. The predicted molar refractivity (Wildman–Crippen MR) is 14.5 cm³/mol. The van der Waals surface area contributed by atoms with Gasteiger partial charge in [0.05, 0.1) is 0 Å². The molecule has 1 nitrogen and oxygen atoms in total. The molecule has 5 heavy (non-hydrogen) atoms. The molecule has 0 saturated heterocycles. The predicted octanol–water partition coefficient (Wildman–Crippen LogP) is 0.374. The highest BCUT2D eigenvalue weighted by Crippen LogP contribution is 1.86. The van der Waals surface area contributed by atoms with Crippen molar-refractivity contribution in [3.8, 4) is 0 Å². The summed E-state index contributed by atoms with van der Waals surface area (Å²) in [4.78, 5) is 0. The zero-order valence-electron chi connectivity index (χ0n) is 2.54. The smallest absolute Gasteiger partial charge is 0.237 e. The van der Waals surface area contributed by atoms with Crippen LogP contribution in [-0.2, 0) is 0 Å². The van der Waals surface area contributed by atoms with Gasteiger partial charge in [0.25, 0.3) is 0 Å². The van der Waals surface area contributed by atoms with Gasteiger partial charge in [-0.1, -0.05) is 0 Å². The Morgan fingerprint density at radius 3 is 2.00 bits per heavy atom. The van der Waals surface area contributed by atoms with Crippen LogP contribution in [0.1, 0.15) is 0 Å². The van der Waals surface area contributed by atoms with Gasteiger partial charge in [0.2, 0.25) is 6.30 Å². The zero-order chi connectivity index (χ0) is 4.28. The Bertz CT molecular complexity index is 21.6. The Morgan fingerprint density at radius 2 is 2.00 bits per heavy atom. The van der Waals surface area contributed by atoms with Gasteiger partial charge in [0, 0.05) is 0 Å². The minimum absolute atomic E-state index is 1.16. The van der Waals surface area contributed by atoms with Gasteiger partial charge in [0.1, 0.15) is 6.67 Å². The van der Waals surface area contributed by atoms with Crippen molar-refractivity contribution in [2.24, 2.45) is 5.73 Å². The van der Waals surface area contributed by atoms with Crippen LogP contribution in [-0.4, -0.2) is 6.67 Å². The van der Waals surface area contributed by atoms with Gasteiger partial charge in [-0.3, -0.25) is 5.73 Å². The molecule has 0 aliphatic rings. The maximum atomic E-state index is 10.8. The number of rotatable bonds is 1. The van der Waals surface area contributed by atoms with E-state index in [4.69, 9.17) is 0 Å². The van der Waals surface area contributed by atoms with Crippen molar-refractivity contribution in [2.75, 3.05) is 6.67 Å². The van der Waals surface area contributed by atoms with Crippen LogP contribution in [0.2, 0.25) is 0 Å². The second-order valence-electron chi connectivity index (χ2n) is 0.580. The number of halogens is 2. The van der Waals surface area contributed by atoms with Crippen LogP contribution in [0, 0.1) is 6.30 Å². The summed E-state index contributed by atoms with van der Waals surface area (Å²) >= 11 is 0. The number of alkyl halides is 1. The lowest BCUT2D eigenvalue weighted by Gasteiger charge is -1.81. The number of hydrogen-bond donors (Lipinski definition) is 1. The number of hydrogen-bond acceptors (Lipinski definition) is 1. The molecule has 0 aliphatic heterocycles. The van der Waals surface area contributed by atoms with Crippen molar-refractivity contribution in [1.82, 2.24) is 0 Å². The van der Waals surface area contributed by atoms with Crippen LogP contribution in [0.25, 0.3) is 0 Å².